The Morgan fingerprint density at radius 1 is 1.04 bits per heavy atom. The maximum absolute atomic E-state index is 12.3. The molecule has 3 rings (SSSR count). The van der Waals surface area contributed by atoms with E-state index in [2.05, 4.69) is 5.32 Å². The standard InChI is InChI=1S/C22H23NO2/c1-15-10-11-18(16(2)14-15)22(25)23-13-12-21(24)20-9-5-7-17-6-3-4-8-19(17)20/h3-11,14,21,24H,12-13H2,1-2H3,(H,23,25). The predicted octanol–water partition coefficient (Wildman–Crippen LogP) is 4.31. The summed E-state index contributed by atoms with van der Waals surface area (Å²) in [6.07, 6.45) is -0.129. The van der Waals surface area contributed by atoms with Crippen LogP contribution in [0.15, 0.2) is 60.7 Å². The first-order chi connectivity index (χ1) is 12.1. The molecule has 25 heavy (non-hydrogen) atoms. The molecule has 0 aliphatic heterocycles. The van der Waals surface area contributed by atoms with E-state index in [1.165, 1.54) is 0 Å². The molecule has 3 heteroatoms. The minimum Gasteiger partial charge on any atom is -0.388 e. The lowest BCUT2D eigenvalue weighted by molar-refractivity contribution is 0.0942. The van der Waals surface area contributed by atoms with E-state index < -0.39 is 6.10 Å². The molecule has 0 heterocycles. The fraction of sp³-hybridized carbons (Fsp3) is 0.227. The first-order valence-corrected chi connectivity index (χ1v) is 8.57. The lowest BCUT2D eigenvalue weighted by atomic mass is 9.98. The zero-order chi connectivity index (χ0) is 17.8. The van der Waals surface area contributed by atoms with E-state index >= 15 is 0 Å². The van der Waals surface area contributed by atoms with Gasteiger partial charge in [0.25, 0.3) is 5.91 Å². The third-order valence-corrected chi connectivity index (χ3v) is 4.51. The van der Waals surface area contributed by atoms with Crippen LogP contribution in [-0.2, 0) is 0 Å². The highest BCUT2D eigenvalue weighted by molar-refractivity contribution is 5.95. The van der Waals surface area contributed by atoms with Crippen LogP contribution in [0, 0.1) is 13.8 Å². The number of carbonyl (C=O) groups is 1. The second-order valence-corrected chi connectivity index (χ2v) is 6.45. The molecule has 0 aliphatic rings. The Bertz CT molecular complexity index is 896. The first kappa shape index (κ1) is 17.2. The summed E-state index contributed by atoms with van der Waals surface area (Å²) >= 11 is 0. The Kier molecular flexibility index (Phi) is 5.15. The highest BCUT2D eigenvalue weighted by atomic mass is 16.3. The SMILES string of the molecule is Cc1ccc(C(=O)NCCC(O)c2cccc3ccccc23)c(C)c1. The van der Waals surface area contributed by atoms with Gasteiger partial charge < -0.3 is 10.4 Å². The van der Waals surface area contributed by atoms with Gasteiger partial charge >= 0.3 is 0 Å². The van der Waals surface area contributed by atoms with Crippen LogP contribution < -0.4 is 5.32 Å². The number of carbonyl (C=O) groups excluding carboxylic acids is 1. The van der Waals surface area contributed by atoms with E-state index in [0.29, 0.717) is 18.5 Å². The summed E-state index contributed by atoms with van der Waals surface area (Å²) in [5, 5.41) is 15.6. The molecule has 3 nitrogen and oxygen atoms in total. The van der Waals surface area contributed by atoms with Gasteiger partial charge in [0, 0.05) is 12.1 Å². The highest BCUT2D eigenvalue weighted by Gasteiger charge is 2.13. The van der Waals surface area contributed by atoms with Gasteiger partial charge in [0.2, 0.25) is 0 Å². The largest absolute Gasteiger partial charge is 0.388 e. The quantitative estimate of drug-likeness (QED) is 0.731. The van der Waals surface area contributed by atoms with Gasteiger partial charge in [-0.1, -0.05) is 60.2 Å². The number of nitrogens with one attached hydrogen (secondary N) is 1. The smallest absolute Gasteiger partial charge is 0.251 e. The Morgan fingerprint density at radius 2 is 1.80 bits per heavy atom. The Hall–Kier alpha value is -2.65. The maximum Gasteiger partial charge on any atom is 0.251 e. The molecule has 3 aromatic carbocycles. The Morgan fingerprint density at radius 3 is 2.60 bits per heavy atom. The van der Waals surface area contributed by atoms with Crippen molar-refractivity contribution in [2.45, 2.75) is 26.4 Å². The third-order valence-electron chi connectivity index (χ3n) is 4.51. The van der Waals surface area contributed by atoms with Crippen LogP contribution in [-0.4, -0.2) is 17.6 Å². The number of fused-ring (bicyclic) bond motifs is 1. The van der Waals surface area contributed by atoms with Crippen LogP contribution >= 0.6 is 0 Å². The van der Waals surface area contributed by atoms with E-state index in [4.69, 9.17) is 0 Å². The Balaban J connectivity index is 1.64. The molecule has 0 fully saturated rings. The molecular formula is C22H23NO2. The van der Waals surface area contributed by atoms with Crippen molar-refractivity contribution in [1.82, 2.24) is 5.32 Å². The average Bonchev–Trinajstić information content (AvgIpc) is 2.61. The summed E-state index contributed by atoms with van der Waals surface area (Å²) in [5.41, 5.74) is 3.69. The van der Waals surface area contributed by atoms with E-state index in [0.717, 1.165) is 27.5 Å². The molecule has 0 aliphatic carbocycles. The molecule has 128 valence electrons. The second-order valence-electron chi connectivity index (χ2n) is 6.45. The van der Waals surface area contributed by atoms with E-state index in [1.54, 1.807) is 0 Å². The molecule has 1 amide bonds. The summed E-state index contributed by atoms with van der Waals surface area (Å²) in [6.45, 7) is 4.37. The van der Waals surface area contributed by atoms with Gasteiger partial charge in [-0.15, -0.1) is 0 Å². The molecule has 0 saturated carbocycles. The van der Waals surface area contributed by atoms with Crippen LogP contribution in [0.2, 0.25) is 0 Å². The zero-order valence-electron chi connectivity index (χ0n) is 14.6. The predicted molar refractivity (Wildman–Crippen MR) is 102 cm³/mol. The van der Waals surface area contributed by atoms with Crippen LogP contribution in [0.3, 0.4) is 0 Å². The van der Waals surface area contributed by atoms with Gasteiger partial charge in [-0.3, -0.25) is 4.79 Å². The van der Waals surface area contributed by atoms with Crippen LogP contribution in [0.4, 0.5) is 0 Å². The van der Waals surface area contributed by atoms with Gasteiger partial charge in [0.15, 0.2) is 0 Å². The topological polar surface area (TPSA) is 49.3 Å². The molecule has 0 radical (unpaired) electrons. The molecule has 0 saturated heterocycles. The summed E-state index contributed by atoms with van der Waals surface area (Å²) in [6, 6.07) is 19.7. The normalized spacial score (nSPS) is 12.1. The molecule has 1 atom stereocenters. The average molecular weight is 333 g/mol. The first-order valence-electron chi connectivity index (χ1n) is 8.57. The Labute approximate surface area is 148 Å². The van der Waals surface area contributed by atoms with Crippen molar-refractivity contribution in [1.29, 1.82) is 0 Å². The minimum absolute atomic E-state index is 0.0948. The van der Waals surface area contributed by atoms with Crippen molar-refractivity contribution in [2.24, 2.45) is 0 Å². The van der Waals surface area contributed by atoms with Gasteiger partial charge in [-0.25, -0.2) is 0 Å². The number of amides is 1. The molecule has 0 bridgehead atoms. The third kappa shape index (κ3) is 3.89. The number of benzene rings is 3. The maximum atomic E-state index is 12.3. The van der Waals surface area contributed by atoms with E-state index in [1.807, 2.05) is 74.5 Å². The van der Waals surface area contributed by atoms with E-state index in [-0.39, 0.29) is 5.91 Å². The summed E-state index contributed by atoms with van der Waals surface area (Å²) in [5.74, 6) is -0.0948. The van der Waals surface area contributed by atoms with Crippen LogP contribution in [0.25, 0.3) is 10.8 Å². The fourth-order valence-corrected chi connectivity index (χ4v) is 3.18. The van der Waals surface area contributed by atoms with Crippen molar-refractivity contribution >= 4 is 16.7 Å². The number of hydrogen-bond acceptors (Lipinski definition) is 2. The molecule has 0 aromatic heterocycles. The fourth-order valence-electron chi connectivity index (χ4n) is 3.18. The summed E-state index contributed by atoms with van der Waals surface area (Å²) in [7, 11) is 0. The lowest BCUT2D eigenvalue weighted by Gasteiger charge is -2.15. The summed E-state index contributed by atoms with van der Waals surface area (Å²) in [4.78, 5) is 12.3. The number of hydrogen-bond donors (Lipinski definition) is 2. The summed E-state index contributed by atoms with van der Waals surface area (Å²) < 4.78 is 0. The number of aliphatic hydroxyl groups excluding tert-OH is 1. The molecule has 0 spiro atoms. The van der Waals surface area contributed by atoms with Crippen molar-refractivity contribution in [2.75, 3.05) is 6.54 Å². The number of rotatable bonds is 5. The molecule has 2 N–H and O–H groups in total. The van der Waals surface area contributed by atoms with Crippen molar-refractivity contribution in [3.8, 4) is 0 Å². The lowest BCUT2D eigenvalue weighted by Crippen LogP contribution is -2.26. The second kappa shape index (κ2) is 7.49. The molecular weight excluding hydrogens is 310 g/mol. The monoisotopic (exact) mass is 333 g/mol. The molecule has 1 unspecified atom stereocenters. The number of aryl methyl sites for hydroxylation is 2. The minimum atomic E-state index is -0.606. The van der Waals surface area contributed by atoms with Gasteiger partial charge in [-0.2, -0.15) is 0 Å². The van der Waals surface area contributed by atoms with Crippen LogP contribution in [0.1, 0.15) is 39.6 Å². The highest BCUT2D eigenvalue weighted by Crippen LogP contribution is 2.25. The van der Waals surface area contributed by atoms with Gasteiger partial charge in [0.05, 0.1) is 6.10 Å². The zero-order valence-corrected chi connectivity index (χ0v) is 14.6. The van der Waals surface area contributed by atoms with Gasteiger partial charge in [0.1, 0.15) is 0 Å². The van der Waals surface area contributed by atoms with Crippen molar-refractivity contribution in [3.05, 3.63) is 82.9 Å². The van der Waals surface area contributed by atoms with Crippen molar-refractivity contribution < 1.29 is 9.90 Å². The van der Waals surface area contributed by atoms with Crippen molar-refractivity contribution in [3.63, 3.8) is 0 Å². The molecule has 3 aromatic rings. The van der Waals surface area contributed by atoms with Crippen LogP contribution in [0.5, 0.6) is 0 Å². The van der Waals surface area contributed by atoms with E-state index in [9.17, 15) is 9.90 Å². The van der Waals surface area contributed by atoms with Gasteiger partial charge in [-0.05, 0) is 48.2 Å². The number of aliphatic hydroxyl groups is 1.